The summed E-state index contributed by atoms with van der Waals surface area (Å²) in [4.78, 5) is 0. The second-order valence-corrected chi connectivity index (χ2v) is 3.15. The van der Waals surface area contributed by atoms with Gasteiger partial charge in [0.1, 0.15) is 12.4 Å². The molecule has 1 atom stereocenters. The quantitative estimate of drug-likeness (QED) is 0.723. The molecule has 2 N–H and O–H groups in total. The van der Waals surface area contributed by atoms with Crippen LogP contribution in [-0.2, 0) is 6.42 Å². The first kappa shape index (κ1) is 11.2. The minimum atomic E-state index is -0.651. The second kappa shape index (κ2) is 4.11. The standard InChI is InChI=1S/C9H9F2NO.ClH/c10-6-1-5-2-7(12)4-13-9(5)8(11)3-6;/h1,3,7H,2,4,12H2;1H. The van der Waals surface area contributed by atoms with E-state index in [0.717, 1.165) is 6.07 Å². The number of benzene rings is 1. The Balaban J connectivity index is 0.000000980. The Hall–Kier alpha value is -0.870. The highest BCUT2D eigenvalue weighted by Gasteiger charge is 2.20. The molecule has 0 spiro atoms. The number of halogens is 3. The Bertz CT molecular complexity index is 346. The lowest BCUT2D eigenvalue weighted by Gasteiger charge is -2.22. The van der Waals surface area contributed by atoms with E-state index in [1.165, 1.54) is 6.07 Å². The average molecular weight is 222 g/mol. The molecular formula is C9H10ClF2NO. The van der Waals surface area contributed by atoms with Gasteiger partial charge in [0.05, 0.1) is 0 Å². The first-order valence-electron chi connectivity index (χ1n) is 4.03. The van der Waals surface area contributed by atoms with E-state index in [2.05, 4.69) is 0 Å². The molecule has 78 valence electrons. The van der Waals surface area contributed by atoms with E-state index in [9.17, 15) is 8.78 Å². The van der Waals surface area contributed by atoms with Gasteiger partial charge in [-0.2, -0.15) is 0 Å². The first-order chi connectivity index (χ1) is 6.16. The molecule has 0 aliphatic carbocycles. The van der Waals surface area contributed by atoms with Crippen LogP contribution in [0.5, 0.6) is 5.75 Å². The van der Waals surface area contributed by atoms with Crippen molar-refractivity contribution in [2.75, 3.05) is 6.61 Å². The highest BCUT2D eigenvalue weighted by Crippen LogP contribution is 2.28. The molecule has 1 aromatic carbocycles. The van der Waals surface area contributed by atoms with Gasteiger partial charge in [-0.05, 0) is 12.5 Å². The predicted octanol–water partition coefficient (Wildman–Crippen LogP) is 1.65. The number of fused-ring (bicyclic) bond motifs is 1. The van der Waals surface area contributed by atoms with Gasteiger partial charge in [0.2, 0.25) is 0 Å². The van der Waals surface area contributed by atoms with Crippen molar-refractivity contribution in [2.24, 2.45) is 5.73 Å². The van der Waals surface area contributed by atoms with Crippen molar-refractivity contribution in [3.8, 4) is 5.75 Å². The fourth-order valence-electron chi connectivity index (χ4n) is 1.46. The maximum atomic E-state index is 13.1. The van der Waals surface area contributed by atoms with E-state index in [0.29, 0.717) is 12.0 Å². The third-order valence-corrected chi connectivity index (χ3v) is 2.01. The van der Waals surface area contributed by atoms with E-state index < -0.39 is 11.6 Å². The van der Waals surface area contributed by atoms with Crippen LogP contribution in [0.25, 0.3) is 0 Å². The maximum absolute atomic E-state index is 13.1. The van der Waals surface area contributed by atoms with Crippen molar-refractivity contribution in [1.82, 2.24) is 0 Å². The lowest BCUT2D eigenvalue weighted by molar-refractivity contribution is 0.249. The molecule has 1 unspecified atom stereocenters. The summed E-state index contributed by atoms with van der Waals surface area (Å²) in [6.07, 6.45) is 0.462. The fourth-order valence-corrected chi connectivity index (χ4v) is 1.46. The lowest BCUT2D eigenvalue weighted by atomic mass is 10.0. The van der Waals surface area contributed by atoms with E-state index in [1.54, 1.807) is 0 Å². The minimum absolute atomic E-state index is 0. The first-order valence-corrected chi connectivity index (χ1v) is 4.03. The molecule has 1 aliphatic heterocycles. The molecule has 0 fully saturated rings. The Kier molecular flexibility index (Phi) is 3.29. The Morgan fingerprint density at radius 1 is 1.36 bits per heavy atom. The summed E-state index contributed by atoms with van der Waals surface area (Å²) in [6.45, 7) is 0.287. The number of nitrogens with two attached hydrogens (primary N) is 1. The van der Waals surface area contributed by atoms with Crippen molar-refractivity contribution in [1.29, 1.82) is 0 Å². The van der Waals surface area contributed by atoms with Crippen molar-refractivity contribution >= 4 is 12.4 Å². The molecule has 0 bridgehead atoms. The molecule has 1 heterocycles. The Labute approximate surface area is 86.5 Å². The lowest BCUT2D eigenvalue weighted by Crippen LogP contribution is -2.34. The van der Waals surface area contributed by atoms with E-state index >= 15 is 0 Å². The van der Waals surface area contributed by atoms with Crippen LogP contribution in [0.15, 0.2) is 12.1 Å². The molecule has 0 radical (unpaired) electrons. The number of hydrogen-bond donors (Lipinski definition) is 1. The van der Waals surface area contributed by atoms with Gasteiger partial charge in [0.25, 0.3) is 0 Å². The molecule has 1 aromatic rings. The van der Waals surface area contributed by atoms with Gasteiger partial charge in [-0.25, -0.2) is 8.78 Å². The molecule has 1 aliphatic rings. The van der Waals surface area contributed by atoms with Crippen LogP contribution in [0.4, 0.5) is 8.78 Å². The monoisotopic (exact) mass is 221 g/mol. The smallest absolute Gasteiger partial charge is 0.168 e. The summed E-state index contributed by atoms with van der Waals surface area (Å²) < 4.78 is 30.9. The predicted molar refractivity (Wildman–Crippen MR) is 50.8 cm³/mol. The van der Waals surface area contributed by atoms with Gasteiger partial charge in [-0.15, -0.1) is 12.4 Å². The van der Waals surface area contributed by atoms with E-state index in [-0.39, 0.29) is 30.8 Å². The zero-order valence-electron chi connectivity index (χ0n) is 7.30. The molecule has 2 nitrogen and oxygen atoms in total. The van der Waals surface area contributed by atoms with Crippen LogP contribution in [0.1, 0.15) is 5.56 Å². The summed E-state index contributed by atoms with van der Waals surface area (Å²) >= 11 is 0. The normalized spacial score (nSPS) is 19.2. The molecule has 5 heteroatoms. The summed E-state index contributed by atoms with van der Waals surface area (Å²) in [5.41, 5.74) is 6.09. The number of ether oxygens (including phenoxy) is 1. The molecule has 0 amide bonds. The largest absolute Gasteiger partial charge is 0.489 e. The van der Waals surface area contributed by atoms with Gasteiger partial charge in [-0.3, -0.25) is 0 Å². The Morgan fingerprint density at radius 2 is 2.07 bits per heavy atom. The van der Waals surface area contributed by atoms with Gasteiger partial charge >= 0.3 is 0 Å². The van der Waals surface area contributed by atoms with Gasteiger partial charge < -0.3 is 10.5 Å². The summed E-state index contributed by atoms with van der Waals surface area (Å²) in [7, 11) is 0. The van der Waals surface area contributed by atoms with Gasteiger partial charge in [0.15, 0.2) is 11.6 Å². The molecular weight excluding hydrogens is 212 g/mol. The van der Waals surface area contributed by atoms with Crippen LogP contribution in [0.2, 0.25) is 0 Å². The van der Waals surface area contributed by atoms with E-state index in [4.69, 9.17) is 10.5 Å². The van der Waals surface area contributed by atoms with Crippen LogP contribution < -0.4 is 10.5 Å². The number of rotatable bonds is 0. The molecule has 14 heavy (non-hydrogen) atoms. The van der Waals surface area contributed by atoms with Crippen LogP contribution >= 0.6 is 12.4 Å². The summed E-state index contributed by atoms with van der Waals surface area (Å²) in [5, 5.41) is 0. The molecule has 0 saturated carbocycles. The zero-order valence-corrected chi connectivity index (χ0v) is 8.11. The summed E-state index contributed by atoms with van der Waals surface area (Å²) in [6, 6.07) is 1.90. The van der Waals surface area contributed by atoms with Gasteiger partial charge in [-0.1, -0.05) is 0 Å². The minimum Gasteiger partial charge on any atom is -0.489 e. The van der Waals surface area contributed by atoms with Crippen LogP contribution in [0, 0.1) is 11.6 Å². The fraction of sp³-hybridized carbons (Fsp3) is 0.333. The van der Waals surface area contributed by atoms with Crippen LogP contribution in [0.3, 0.4) is 0 Å². The second-order valence-electron chi connectivity index (χ2n) is 3.15. The third-order valence-electron chi connectivity index (χ3n) is 2.01. The van der Waals surface area contributed by atoms with Crippen molar-refractivity contribution < 1.29 is 13.5 Å². The average Bonchev–Trinajstić information content (AvgIpc) is 2.02. The van der Waals surface area contributed by atoms with Crippen molar-refractivity contribution in [3.63, 3.8) is 0 Å². The van der Waals surface area contributed by atoms with Gasteiger partial charge in [0, 0.05) is 17.7 Å². The maximum Gasteiger partial charge on any atom is 0.168 e. The third kappa shape index (κ3) is 1.96. The van der Waals surface area contributed by atoms with Crippen LogP contribution in [-0.4, -0.2) is 12.6 Å². The molecule has 0 aromatic heterocycles. The van der Waals surface area contributed by atoms with E-state index in [1.807, 2.05) is 0 Å². The molecule has 0 saturated heterocycles. The number of hydrogen-bond acceptors (Lipinski definition) is 2. The Morgan fingerprint density at radius 3 is 2.79 bits per heavy atom. The van der Waals surface area contributed by atoms with Crippen molar-refractivity contribution in [2.45, 2.75) is 12.5 Å². The van der Waals surface area contributed by atoms with Crippen molar-refractivity contribution in [3.05, 3.63) is 29.3 Å². The highest BCUT2D eigenvalue weighted by molar-refractivity contribution is 5.85. The zero-order chi connectivity index (χ0) is 9.42. The molecule has 2 rings (SSSR count). The summed E-state index contributed by atoms with van der Waals surface area (Å²) in [5.74, 6) is -1.10. The SMILES string of the molecule is Cl.NC1COc2c(F)cc(F)cc2C1. The topological polar surface area (TPSA) is 35.2 Å². The highest BCUT2D eigenvalue weighted by atomic mass is 35.5.